The fraction of sp³-hybridized carbons (Fsp3) is 0.562. The van der Waals surface area contributed by atoms with E-state index in [1.54, 1.807) is 0 Å². The van der Waals surface area contributed by atoms with E-state index in [9.17, 15) is 4.79 Å². The van der Waals surface area contributed by atoms with Crippen molar-refractivity contribution in [2.24, 2.45) is 5.92 Å². The fourth-order valence-electron chi connectivity index (χ4n) is 2.72. The van der Waals surface area contributed by atoms with Crippen LogP contribution in [0.3, 0.4) is 0 Å². The van der Waals surface area contributed by atoms with Gasteiger partial charge >= 0.3 is 0 Å². The van der Waals surface area contributed by atoms with Gasteiger partial charge in [0.05, 0.1) is 6.42 Å². The highest BCUT2D eigenvalue weighted by Crippen LogP contribution is 2.22. The van der Waals surface area contributed by atoms with E-state index < -0.39 is 0 Å². The smallest absolute Gasteiger partial charge is 0.224 e. The van der Waals surface area contributed by atoms with Crippen LogP contribution in [0.1, 0.15) is 43.2 Å². The number of hydrogen-bond acceptors (Lipinski definition) is 1. The van der Waals surface area contributed by atoms with Crippen LogP contribution in [0.4, 0.5) is 0 Å². The van der Waals surface area contributed by atoms with Crippen molar-refractivity contribution in [2.75, 3.05) is 6.54 Å². The topological polar surface area (TPSA) is 29.1 Å². The Kier molecular flexibility index (Phi) is 5.44. The second kappa shape index (κ2) is 7.09. The number of aryl methyl sites for hydroxylation is 1. The zero-order chi connectivity index (χ0) is 13.7. The van der Waals surface area contributed by atoms with Gasteiger partial charge in [0.2, 0.25) is 5.91 Å². The minimum atomic E-state index is 0.145. The van der Waals surface area contributed by atoms with Crippen LogP contribution >= 0.6 is 15.9 Å². The maximum Gasteiger partial charge on any atom is 0.224 e. The van der Waals surface area contributed by atoms with Gasteiger partial charge in [0, 0.05) is 11.0 Å². The lowest BCUT2D eigenvalue weighted by atomic mass is 9.89. The molecule has 1 fully saturated rings. The summed E-state index contributed by atoms with van der Waals surface area (Å²) in [6.45, 7) is 2.90. The van der Waals surface area contributed by atoms with E-state index in [1.807, 2.05) is 18.2 Å². The summed E-state index contributed by atoms with van der Waals surface area (Å²) in [5, 5.41) is 3.09. The second-order valence-corrected chi connectivity index (χ2v) is 6.47. The zero-order valence-electron chi connectivity index (χ0n) is 11.5. The summed E-state index contributed by atoms with van der Waals surface area (Å²) < 4.78 is 1.04. The molecule has 2 rings (SSSR count). The lowest BCUT2D eigenvalue weighted by molar-refractivity contribution is -0.120. The molecular formula is C16H22BrNO. The molecule has 0 heterocycles. The predicted molar refractivity (Wildman–Crippen MR) is 82.2 cm³/mol. The van der Waals surface area contributed by atoms with Crippen LogP contribution in [0, 0.1) is 12.8 Å². The van der Waals surface area contributed by atoms with E-state index in [0.29, 0.717) is 12.3 Å². The van der Waals surface area contributed by atoms with Crippen molar-refractivity contribution in [1.29, 1.82) is 0 Å². The Balaban J connectivity index is 1.81. The lowest BCUT2D eigenvalue weighted by Crippen LogP contribution is -2.31. The number of rotatable bonds is 4. The molecule has 1 aromatic rings. The van der Waals surface area contributed by atoms with Crippen molar-refractivity contribution < 1.29 is 4.79 Å². The first-order valence-electron chi connectivity index (χ1n) is 7.17. The highest BCUT2D eigenvalue weighted by atomic mass is 79.9. The summed E-state index contributed by atoms with van der Waals surface area (Å²) in [4.78, 5) is 12.0. The molecule has 0 unspecified atom stereocenters. The van der Waals surface area contributed by atoms with Crippen molar-refractivity contribution in [3.8, 4) is 0 Å². The molecule has 104 valence electrons. The molecule has 0 spiro atoms. The van der Waals surface area contributed by atoms with E-state index in [4.69, 9.17) is 0 Å². The number of hydrogen-bond donors (Lipinski definition) is 1. The summed E-state index contributed by atoms with van der Waals surface area (Å²) in [6.07, 6.45) is 7.04. The Morgan fingerprint density at radius 2 is 2.05 bits per heavy atom. The molecule has 0 saturated heterocycles. The predicted octanol–water partition coefficient (Wildman–Crippen LogP) is 4.00. The molecule has 1 saturated carbocycles. The Bertz CT molecular complexity index is 438. The molecule has 1 aliphatic rings. The standard InChI is InChI=1S/C16H22BrNO/c1-12-7-8-15(17)9-14(12)10-16(19)18-11-13-5-3-2-4-6-13/h7-9,13H,2-6,10-11H2,1H3,(H,18,19). The van der Waals surface area contributed by atoms with Gasteiger partial charge in [-0.25, -0.2) is 0 Å². The summed E-state index contributed by atoms with van der Waals surface area (Å²) in [6, 6.07) is 6.10. The molecule has 0 atom stereocenters. The van der Waals surface area contributed by atoms with E-state index in [2.05, 4.69) is 28.2 Å². The van der Waals surface area contributed by atoms with Gasteiger partial charge in [0.25, 0.3) is 0 Å². The number of halogens is 1. The Labute approximate surface area is 124 Å². The van der Waals surface area contributed by atoms with Gasteiger partial charge in [-0.3, -0.25) is 4.79 Å². The first-order chi connectivity index (χ1) is 9.15. The fourth-order valence-corrected chi connectivity index (χ4v) is 3.12. The van der Waals surface area contributed by atoms with Crippen molar-refractivity contribution >= 4 is 21.8 Å². The third kappa shape index (κ3) is 4.64. The largest absolute Gasteiger partial charge is 0.356 e. The van der Waals surface area contributed by atoms with E-state index >= 15 is 0 Å². The third-order valence-electron chi connectivity index (χ3n) is 3.97. The van der Waals surface area contributed by atoms with Crippen LogP contribution in [0.25, 0.3) is 0 Å². The molecular weight excluding hydrogens is 302 g/mol. The monoisotopic (exact) mass is 323 g/mol. The van der Waals surface area contributed by atoms with Gasteiger partial charge < -0.3 is 5.32 Å². The minimum absolute atomic E-state index is 0.145. The average molecular weight is 324 g/mol. The molecule has 0 radical (unpaired) electrons. The van der Waals surface area contributed by atoms with E-state index in [0.717, 1.165) is 16.6 Å². The molecule has 3 heteroatoms. The molecule has 0 aliphatic heterocycles. The van der Waals surface area contributed by atoms with Crippen molar-refractivity contribution in [3.05, 3.63) is 33.8 Å². The van der Waals surface area contributed by atoms with Crippen molar-refractivity contribution in [2.45, 2.75) is 45.4 Å². The van der Waals surface area contributed by atoms with Gasteiger partial charge in [-0.1, -0.05) is 41.3 Å². The summed E-state index contributed by atoms with van der Waals surface area (Å²) in [7, 11) is 0. The van der Waals surface area contributed by atoms with Crippen LogP contribution in [0.2, 0.25) is 0 Å². The lowest BCUT2D eigenvalue weighted by Gasteiger charge is -2.21. The zero-order valence-corrected chi connectivity index (χ0v) is 13.1. The van der Waals surface area contributed by atoms with Crippen LogP contribution < -0.4 is 5.32 Å². The van der Waals surface area contributed by atoms with Gasteiger partial charge in [-0.15, -0.1) is 0 Å². The van der Waals surface area contributed by atoms with Crippen LogP contribution in [0.15, 0.2) is 22.7 Å². The van der Waals surface area contributed by atoms with E-state index in [-0.39, 0.29) is 5.91 Å². The maximum atomic E-state index is 12.0. The highest BCUT2D eigenvalue weighted by Gasteiger charge is 2.14. The maximum absolute atomic E-state index is 12.0. The first-order valence-corrected chi connectivity index (χ1v) is 7.96. The molecule has 0 bridgehead atoms. The molecule has 1 aromatic carbocycles. The summed E-state index contributed by atoms with van der Waals surface area (Å²) in [5.74, 6) is 0.841. The van der Waals surface area contributed by atoms with Crippen LogP contribution in [-0.4, -0.2) is 12.5 Å². The number of amides is 1. The molecule has 19 heavy (non-hydrogen) atoms. The Morgan fingerprint density at radius 1 is 1.32 bits per heavy atom. The van der Waals surface area contributed by atoms with Gasteiger partial charge in [0.15, 0.2) is 0 Å². The molecule has 1 amide bonds. The number of nitrogens with one attached hydrogen (secondary N) is 1. The average Bonchev–Trinajstić information content (AvgIpc) is 2.42. The Hall–Kier alpha value is -0.830. The summed E-state index contributed by atoms with van der Waals surface area (Å²) in [5.41, 5.74) is 2.28. The quantitative estimate of drug-likeness (QED) is 0.891. The van der Waals surface area contributed by atoms with Gasteiger partial charge in [-0.2, -0.15) is 0 Å². The van der Waals surface area contributed by atoms with E-state index in [1.165, 1.54) is 37.7 Å². The second-order valence-electron chi connectivity index (χ2n) is 5.56. The molecule has 2 nitrogen and oxygen atoms in total. The SMILES string of the molecule is Cc1ccc(Br)cc1CC(=O)NCC1CCCCC1. The minimum Gasteiger partial charge on any atom is -0.356 e. The number of benzene rings is 1. The van der Waals surface area contributed by atoms with Gasteiger partial charge in [-0.05, 0) is 48.9 Å². The molecule has 1 aliphatic carbocycles. The molecule has 0 aromatic heterocycles. The number of carbonyl (C=O) groups excluding carboxylic acids is 1. The first kappa shape index (κ1) is 14.6. The van der Waals surface area contributed by atoms with Crippen molar-refractivity contribution in [3.63, 3.8) is 0 Å². The Morgan fingerprint density at radius 3 is 2.79 bits per heavy atom. The molecule has 1 N–H and O–H groups in total. The number of carbonyl (C=O) groups is 1. The highest BCUT2D eigenvalue weighted by molar-refractivity contribution is 9.10. The van der Waals surface area contributed by atoms with Crippen molar-refractivity contribution in [1.82, 2.24) is 5.32 Å². The third-order valence-corrected chi connectivity index (χ3v) is 4.47. The van der Waals surface area contributed by atoms with Crippen LogP contribution in [-0.2, 0) is 11.2 Å². The normalized spacial score (nSPS) is 16.3. The summed E-state index contributed by atoms with van der Waals surface area (Å²) >= 11 is 3.46. The van der Waals surface area contributed by atoms with Crippen LogP contribution in [0.5, 0.6) is 0 Å². The van der Waals surface area contributed by atoms with Gasteiger partial charge in [0.1, 0.15) is 0 Å².